The predicted molar refractivity (Wildman–Crippen MR) is 79.3 cm³/mol. The Bertz CT molecular complexity index is 642. The number of nitrogens with zero attached hydrogens (tertiary/aromatic N) is 1. The van der Waals surface area contributed by atoms with E-state index in [0.29, 0.717) is 6.42 Å². The lowest BCUT2D eigenvalue weighted by Crippen LogP contribution is -2.26. The van der Waals surface area contributed by atoms with Crippen LogP contribution in [0.3, 0.4) is 0 Å². The van der Waals surface area contributed by atoms with Gasteiger partial charge in [0.25, 0.3) is 11.6 Å². The zero-order valence-electron chi connectivity index (χ0n) is 11.8. The fraction of sp³-hybridized carbons (Fsp3) is 0.417. The van der Waals surface area contributed by atoms with Crippen molar-refractivity contribution in [2.24, 2.45) is 0 Å². The minimum Gasteiger partial charge on any atom is -0.383 e. The third-order valence-electron chi connectivity index (χ3n) is 2.70. The van der Waals surface area contributed by atoms with E-state index in [1.165, 1.54) is 25.2 Å². The number of carbonyl (C=O) groups is 1. The lowest BCUT2D eigenvalue weighted by atomic mass is 10.1. The molecule has 1 amide bonds. The van der Waals surface area contributed by atoms with Gasteiger partial charge in [-0.05, 0) is 18.6 Å². The van der Waals surface area contributed by atoms with Crippen LogP contribution in [0.25, 0.3) is 0 Å². The van der Waals surface area contributed by atoms with E-state index in [1.54, 1.807) is 0 Å². The van der Waals surface area contributed by atoms with Crippen LogP contribution in [0.15, 0.2) is 18.2 Å². The smallest absolute Gasteiger partial charge is 0.292 e. The molecule has 0 aliphatic rings. The molecule has 1 aromatic rings. The lowest BCUT2D eigenvalue weighted by Gasteiger charge is -2.07. The number of sulfone groups is 1. The van der Waals surface area contributed by atoms with Gasteiger partial charge in [0.15, 0.2) is 0 Å². The van der Waals surface area contributed by atoms with Gasteiger partial charge in [-0.1, -0.05) is 0 Å². The molecule has 0 aromatic heterocycles. The Labute approximate surface area is 122 Å². The lowest BCUT2D eigenvalue weighted by molar-refractivity contribution is -0.383. The molecule has 1 rings (SSSR count). The summed E-state index contributed by atoms with van der Waals surface area (Å²) in [5, 5.41) is 16.0. The van der Waals surface area contributed by atoms with E-state index in [0.717, 1.165) is 6.26 Å². The van der Waals surface area contributed by atoms with Crippen molar-refractivity contribution in [2.75, 3.05) is 30.9 Å². The second kappa shape index (κ2) is 7.02. The maximum absolute atomic E-state index is 11.9. The molecule has 8 nitrogen and oxygen atoms in total. The third-order valence-corrected chi connectivity index (χ3v) is 3.73. The normalized spacial score (nSPS) is 11.0. The van der Waals surface area contributed by atoms with Crippen LogP contribution >= 0.6 is 0 Å². The molecule has 1 aromatic carbocycles. The van der Waals surface area contributed by atoms with Crippen LogP contribution in [0.1, 0.15) is 16.8 Å². The molecule has 0 heterocycles. The monoisotopic (exact) mass is 315 g/mol. The van der Waals surface area contributed by atoms with Gasteiger partial charge in [0.05, 0.1) is 10.7 Å². The van der Waals surface area contributed by atoms with Crippen LogP contribution < -0.4 is 10.6 Å². The highest BCUT2D eigenvalue weighted by Crippen LogP contribution is 2.24. The first-order valence-electron chi connectivity index (χ1n) is 6.16. The molecule has 21 heavy (non-hydrogen) atoms. The van der Waals surface area contributed by atoms with E-state index in [1.807, 2.05) is 0 Å². The van der Waals surface area contributed by atoms with Crippen LogP contribution in [0.2, 0.25) is 0 Å². The Morgan fingerprint density at radius 1 is 1.38 bits per heavy atom. The van der Waals surface area contributed by atoms with Crippen LogP contribution in [-0.4, -0.2) is 44.8 Å². The molecule has 0 aliphatic heterocycles. The topological polar surface area (TPSA) is 118 Å². The van der Waals surface area contributed by atoms with Gasteiger partial charge >= 0.3 is 0 Å². The Morgan fingerprint density at radius 3 is 2.57 bits per heavy atom. The molecule has 2 N–H and O–H groups in total. The molecule has 0 bridgehead atoms. The van der Waals surface area contributed by atoms with Gasteiger partial charge < -0.3 is 10.6 Å². The number of rotatable bonds is 7. The Kier molecular flexibility index (Phi) is 5.65. The standard InChI is InChI=1S/C12H17N3O5S/c1-13-10-8-9(4-5-11(10)15(17)18)12(16)14-6-3-7-21(2,19)20/h4-5,8,13H,3,6-7H2,1-2H3,(H,14,16). The van der Waals surface area contributed by atoms with Crippen LogP contribution in [0, 0.1) is 10.1 Å². The van der Waals surface area contributed by atoms with Crippen molar-refractivity contribution in [3.63, 3.8) is 0 Å². The van der Waals surface area contributed by atoms with E-state index >= 15 is 0 Å². The second-order valence-electron chi connectivity index (χ2n) is 4.48. The van der Waals surface area contributed by atoms with E-state index in [2.05, 4.69) is 10.6 Å². The summed E-state index contributed by atoms with van der Waals surface area (Å²) in [5.41, 5.74) is 0.388. The SMILES string of the molecule is CNc1cc(C(=O)NCCCS(C)(=O)=O)ccc1[N+](=O)[O-]. The second-order valence-corrected chi connectivity index (χ2v) is 6.74. The van der Waals surface area contributed by atoms with Crippen LogP contribution in [0.5, 0.6) is 0 Å². The van der Waals surface area contributed by atoms with Crippen molar-refractivity contribution >= 4 is 27.1 Å². The molecular formula is C12H17N3O5S. The van der Waals surface area contributed by atoms with Gasteiger partial charge in [-0.2, -0.15) is 0 Å². The largest absolute Gasteiger partial charge is 0.383 e. The minimum atomic E-state index is -3.05. The quantitative estimate of drug-likeness (QED) is 0.436. The van der Waals surface area contributed by atoms with Crippen molar-refractivity contribution in [1.82, 2.24) is 5.32 Å². The molecule has 0 saturated carbocycles. The van der Waals surface area contributed by atoms with Crippen LogP contribution in [0.4, 0.5) is 11.4 Å². The highest BCUT2D eigenvalue weighted by atomic mass is 32.2. The molecule has 0 fully saturated rings. The van der Waals surface area contributed by atoms with Gasteiger partial charge in [-0.25, -0.2) is 8.42 Å². The molecule has 9 heteroatoms. The Hall–Kier alpha value is -2.16. The summed E-state index contributed by atoms with van der Waals surface area (Å²) >= 11 is 0. The third kappa shape index (κ3) is 5.38. The Balaban J connectivity index is 2.69. The van der Waals surface area contributed by atoms with E-state index in [-0.39, 0.29) is 29.2 Å². The minimum absolute atomic E-state index is 0.00466. The Morgan fingerprint density at radius 2 is 2.05 bits per heavy atom. The molecular weight excluding hydrogens is 298 g/mol. The van der Waals surface area contributed by atoms with Crippen LogP contribution in [-0.2, 0) is 9.84 Å². The zero-order valence-corrected chi connectivity index (χ0v) is 12.6. The van der Waals surface area contributed by atoms with Gasteiger partial charge in [-0.15, -0.1) is 0 Å². The fourth-order valence-corrected chi connectivity index (χ4v) is 2.34. The van der Waals surface area contributed by atoms with Gasteiger partial charge in [0, 0.05) is 31.5 Å². The maximum Gasteiger partial charge on any atom is 0.292 e. The average Bonchev–Trinajstić information content (AvgIpc) is 2.41. The number of hydrogen-bond donors (Lipinski definition) is 2. The predicted octanol–water partition coefficient (Wildman–Crippen LogP) is 0.801. The molecule has 0 saturated heterocycles. The summed E-state index contributed by atoms with van der Waals surface area (Å²) in [6, 6.07) is 3.98. The summed E-state index contributed by atoms with van der Waals surface area (Å²) in [5.74, 6) is -0.412. The molecule has 0 spiro atoms. The highest BCUT2D eigenvalue weighted by molar-refractivity contribution is 7.90. The van der Waals surface area contributed by atoms with Crippen molar-refractivity contribution in [3.8, 4) is 0 Å². The van der Waals surface area contributed by atoms with Crippen molar-refractivity contribution in [1.29, 1.82) is 0 Å². The maximum atomic E-state index is 11.9. The summed E-state index contributed by atoms with van der Waals surface area (Å²) < 4.78 is 21.9. The van der Waals surface area contributed by atoms with Crippen molar-refractivity contribution in [3.05, 3.63) is 33.9 Å². The van der Waals surface area contributed by atoms with E-state index in [9.17, 15) is 23.3 Å². The fourth-order valence-electron chi connectivity index (χ4n) is 1.68. The van der Waals surface area contributed by atoms with E-state index < -0.39 is 20.7 Å². The first kappa shape index (κ1) is 16.9. The number of benzene rings is 1. The van der Waals surface area contributed by atoms with Gasteiger partial charge in [-0.3, -0.25) is 14.9 Å². The number of hydrogen-bond acceptors (Lipinski definition) is 6. The number of nitro benzene ring substituents is 1. The number of nitro groups is 1. The number of anilines is 1. The number of nitrogens with one attached hydrogen (secondary N) is 2. The summed E-state index contributed by atoms with van der Waals surface area (Å²) in [6.45, 7) is 0.220. The zero-order chi connectivity index (χ0) is 16.0. The molecule has 0 unspecified atom stereocenters. The summed E-state index contributed by atoms with van der Waals surface area (Å²) in [4.78, 5) is 22.1. The first-order chi connectivity index (χ1) is 9.74. The molecule has 116 valence electrons. The molecule has 0 atom stereocenters. The molecule has 0 radical (unpaired) electrons. The van der Waals surface area contributed by atoms with Crippen molar-refractivity contribution < 1.29 is 18.1 Å². The van der Waals surface area contributed by atoms with E-state index in [4.69, 9.17) is 0 Å². The number of carbonyl (C=O) groups excluding carboxylic acids is 1. The summed E-state index contributed by atoms with van der Waals surface area (Å²) in [7, 11) is -1.52. The summed E-state index contributed by atoms with van der Waals surface area (Å²) in [6.07, 6.45) is 1.45. The van der Waals surface area contributed by atoms with Crippen molar-refractivity contribution in [2.45, 2.75) is 6.42 Å². The average molecular weight is 315 g/mol. The van der Waals surface area contributed by atoms with Gasteiger partial charge in [0.2, 0.25) is 0 Å². The highest BCUT2D eigenvalue weighted by Gasteiger charge is 2.15. The van der Waals surface area contributed by atoms with Gasteiger partial charge in [0.1, 0.15) is 15.5 Å². The molecule has 0 aliphatic carbocycles. The first-order valence-corrected chi connectivity index (χ1v) is 8.23. The number of amides is 1.